The van der Waals surface area contributed by atoms with Gasteiger partial charge in [-0.1, -0.05) is 18.2 Å². The zero-order valence-corrected chi connectivity index (χ0v) is 9.78. The predicted octanol–water partition coefficient (Wildman–Crippen LogP) is 3.10. The van der Waals surface area contributed by atoms with Gasteiger partial charge in [0.1, 0.15) is 5.76 Å². The average Bonchev–Trinajstić information content (AvgIpc) is 2.91. The zero-order valence-electron chi connectivity index (χ0n) is 9.78. The molecule has 1 N–H and O–H groups in total. The third-order valence-corrected chi connectivity index (χ3v) is 3.02. The number of para-hydroxylation sites is 1. The van der Waals surface area contributed by atoms with Gasteiger partial charge in [-0.3, -0.25) is 4.98 Å². The van der Waals surface area contributed by atoms with Crippen LogP contribution in [0.2, 0.25) is 0 Å². The maximum absolute atomic E-state index is 10.3. The minimum absolute atomic E-state index is 0.473. The molecule has 18 heavy (non-hydrogen) atoms. The van der Waals surface area contributed by atoms with Crippen LogP contribution >= 0.6 is 0 Å². The SMILES string of the molecule is OC(Cc1ccco1)c1ccnc2ccccc12. The van der Waals surface area contributed by atoms with Crippen molar-refractivity contribution in [2.45, 2.75) is 12.5 Å². The summed E-state index contributed by atoms with van der Waals surface area (Å²) >= 11 is 0. The number of furan rings is 1. The van der Waals surface area contributed by atoms with Gasteiger partial charge in [-0.05, 0) is 29.8 Å². The molecule has 1 atom stereocenters. The highest BCUT2D eigenvalue weighted by Crippen LogP contribution is 2.25. The number of benzene rings is 1. The summed E-state index contributed by atoms with van der Waals surface area (Å²) in [7, 11) is 0. The first kappa shape index (κ1) is 11.0. The van der Waals surface area contributed by atoms with Crippen LogP contribution in [-0.2, 0) is 6.42 Å². The fraction of sp³-hybridized carbons (Fsp3) is 0.133. The first-order valence-electron chi connectivity index (χ1n) is 5.89. The van der Waals surface area contributed by atoms with Crippen molar-refractivity contribution in [1.29, 1.82) is 0 Å². The van der Waals surface area contributed by atoms with E-state index in [0.717, 1.165) is 22.2 Å². The summed E-state index contributed by atoms with van der Waals surface area (Å²) in [5.41, 5.74) is 1.78. The molecule has 0 aliphatic carbocycles. The lowest BCUT2D eigenvalue weighted by Crippen LogP contribution is -2.02. The van der Waals surface area contributed by atoms with Crippen molar-refractivity contribution in [3.8, 4) is 0 Å². The smallest absolute Gasteiger partial charge is 0.106 e. The van der Waals surface area contributed by atoms with Crippen molar-refractivity contribution < 1.29 is 9.52 Å². The van der Waals surface area contributed by atoms with Crippen LogP contribution in [0.25, 0.3) is 10.9 Å². The summed E-state index contributed by atoms with van der Waals surface area (Å²) in [5.74, 6) is 0.781. The van der Waals surface area contributed by atoms with E-state index in [2.05, 4.69) is 4.98 Å². The van der Waals surface area contributed by atoms with Gasteiger partial charge < -0.3 is 9.52 Å². The normalized spacial score (nSPS) is 12.7. The minimum atomic E-state index is -0.580. The molecule has 0 radical (unpaired) electrons. The van der Waals surface area contributed by atoms with Crippen LogP contribution in [-0.4, -0.2) is 10.1 Å². The van der Waals surface area contributed by atoms with Gasteiger partial charge in [0.2, 0.25) is 0 Å². The largest absolute Gasteiger partial charge is 0.469 e. The third kappa shape index (κ3) is 2.00. The molecule has 90 valence electrons. The van der Waals surface area contributed by atoms with Crippen molar-refractivity contribution in [3.05, 3.63) is 66.2 Å². The Kier molecular flexibility index (Phi) is 2.82. The first-order chi connectivity index (χ1) is 8.84. The second-order valence-electron chi connectivity index (χ2n) is 4.22. The molecule has 2 aromatic heterocycles. The van der Waals surface area contributed by atoms with E-state index in [1.54, 1.807) is 12.5 Å². The average molecular weight is 239 g/mol. The van der Waals surface area contributed by atoms with Crippen LogP contribution in [0, 0.1) is 0 Å². The van der Waals surface area contributed by atoms with Crippen molar-refractivity contribution in [2.24, 2.45) is 0 Å². The molecule has 0 saturated carbocycles. The van der Waals surface area contributed by atoms with Gasteiger partial charge in [-0.15, -0.1) is 0 Å². The molecule has 0 bridgehead atoms. The van der Waals surface area contributed by atoms with Gasteiger partial charge >= 0.3 is 0 Å². The van der Waals surface area contributed by atoms with Crippen molar-refractivity contribution in [2.75, 3.05) is 0 Å². The van der Waals surface area contributed by atoms with Gasteiger partial charge in [0.25, 0.3) is 0 Å². The Morgan fingerprint density at radius 3 is 2.83 bits per heavy atom. The van der Waals surface area contributed by atoms with E-state index in [0.29, 0.717) is 6.42 Å². The number of nitrogens with zero attached hydrogens (tertiary/aromatic N) is 1. The highest BCUT2D eigenvalue weighted by molar-refractivity contribution is 5.82. The van der Waals surface area contributed by atoms with Crippen LogP contribution < -0.4 is 0 Å². The molecule has 1 unspecified atom stereocenters. The lowest BCUT2D eigenvalue weighted by Gasteiger charge is -2.12. The van der Waals surface area contributed by atoms with Crippen molar-refractivity contribution in [3.63, 3.8) is 0 Å². The highest BCUT2D eigenvalue weighted by Gasteiger charge is 2.13. The van der Waals surface area contributed by atoms with Crippen LogP contribution in [0.15, 0.2) is 59.3 Å². The molecule has 0 aliphatic rings. The van der Waals surface area contributed by atoms with Gasteiger partial charge in [-0.25, -0.2) is 0 Å². The van der Waals surface area contributed by atoms with Gasteiger partial charge in [-0.2, -0.15) is 0 Å². The summed E-state index contributed by atoms with van der Waals surface area (Å²) in [6.45, 7) is 0. The van der Waals surface area contributed by atoms with Gasteiger partial charge in [0.15, 0.2) is 0 Å². The topological polar surface area (TPSA) is 46.3 Å². The van der Waals surface area contributed by atoms with Crippen molar-refractivity contribution >= 4 is 10.9 Å². The summed E-state index contributed by atoms with van der Waals surface area (Å²) in [5, 5.41) is 11.3. The third-order valence-electron chi connectivity index (χ3n) is 3.02. The van der Waals surface area contributed by atoms with Crippen LogP contribution in [0.3, 0.4) is 0 Å². The number of fused-ring (bicyclic) bond motifs is 1. The number of aliphatic hydroxyl groups is 1. The molecule has 0 amide bonds. The number of hydrogen-bond donors (Lipinski definition) is 1. The number of pyridine rings is 1. The molecule has 3 heteroatoms. The lowest BCUT2D eigenvalue weighted by molar-refractivity contribution is 0.172. The fourth-order valence-electron chi connectivity index (χ4n) is 2.14. The molecular weight excluding hydrogens is 226 g/mol. The number of aliphatic hydroxyl groups excluding tert-OH is 1. The fourth-order valence-corrected chi connectivity index (χ4v) is 2.14. The van der Waals surface area contributed by atoms with Crippen LogP contribution in [0.5, 0.6) is 0 Å². The second-order valence-corrected chi connectivity index (χ2v) is 4.22. The Bertz CT molecular complexity index is 641. The molecular formula is C15H13NO2. The van der Waals surface area contributed by atoms with E-state index in [1.807, 2.05) is 42.5 Å². The van der Waals surface area contributed by atoms with Crippen LogP contribution in [0.4, 0.5) is 0 Å². The standard InChI is InChI=1S/C15H13NO2/c17-15(10-11-4-3-9-18-11)13-7-8-16-14-6-2-1-5-12(13)14/h1-9,15,17H,10H2. The summed E-state index contributed by atoms with van der Waals surface area (Å²) in [6.07, 6.45) is 3.24. The molecule has 3 rings (SSSR count). The van der Waals surface area contributed by atoms with E-state index in [-0.39, 0.29) is 0 Å². The highest BCUT2D eigenvalue weighted by atomic mass is 16.3. The van der Waals surface area contributed by atoms with Gasteiger partial charge in [0.05, 0.1) is 17.9 Å². The molecule has 0 fully saturated rings. The van der Waals surface area contributed by atoms with E-state index < -0.39 is 6.10 Å². The van der Waals surface area contributed by atoms with Gasteiger partial charge in [0, 0.05) is 18.0 Å². The quantitative estimate of drug-likeness (QED) is 0.763. The second kappa shape index (κ2) is 4.63. The predicted molar refractivity (Wildman–Crippen MR) is 69.1 cm³/mol. The maximum atomic E-state index is 10.3. The van der Waals surface area contributed by atoms with Crippen molar-refractivity contribution in [1.82, 2.24) is 4.98 Å². The molecule has 3 aromatic rings. The molecule has 3 nitrogen and oxygen atoms in total. The molecule has 1 aromatic carbocycles. The van der Waals surface area contributed by atoms with Crippen LogP contribution in [0.1, 0.15) is 17.4 Å². The number of aromatic nitrogens is 1. The Morgan fingerprint density at radius 1 is 1.11 bits per heavy atom. The van der Waals surface area contributed by atoms with E-state index in [4.69, 9.17) is 4.42 Å². The zero-order chi connectivity index (χ0) is 12.4. The lowest BCUT2D eigenvalue weighted by atomic mass is 10.0. The molecule has 2 heterocycles. The minimum Gasteiger partial charge on any atom is -0.469 e. The Hall–Kier alpha value is -2.13. The van der Waals surface area contributed by atoms with E-state index in [1.165, 1.54) is 0 Å². The Balaban J connectivity index is 1.98. The summed E-state index contributed by atoms with van der Waals surface area (Å²) in [4.78, 5) is 4.29. The Morgan fingerprint density at radius 2 is 2.00 bits per heavy atom. The summed E-state index contributed by atoms with van der Waals surface area (Å²) in [6, 6.07) is 13.4. The molecule has 0 saturated heterocycles. The molecule has 0 aliphatic heterocycles. The summed E-state index contributed by atoms with van der Waals surface area (Å²) < 4.78 is 5.26. The first-order valence-corrected chi connectivity index (χ1v) is 5.89. The van der Waals surface area contributed by atoms with E-state index >= 15 is 0 Å². The monoisotopic (exact) mass is 239 g/mol. The van der Waals surface area contributed by atoms with E-state index in [9.17, 15) is 5.11 Å². The number of hydrogen-bond acceptors (Lipinski definition) is 3. The Labute approximate surface area is 105 Å². The molecule has 0 spiro atoms. The number of rotatable bonds is 3. The maximum Gasteiger partial charge on any atom is 0.106 e.